The molecule has 0 saturated carbocycles. The Hall–Kier alpha value is -1.81. The summed E-state index contributed by atoms with van der Waals surface area (Å²) in [5.41, 5.74) is 3.36. The van der Waals surface area contributed by atoms with Crippen molar-refractivity contribution in [1.82, 2.24) is 9.97 Å². The number of aryl methyl sites for hydroxylation is 3. The second kappa shape index (κ2) is 9.62. The molecule has 5 heteroatoms. The summed E-state index contributed by atoms with van der Waals surface area (Å²) < 4.78 is 5.99. The van der Waals surface area contributed by atoms with Crippen molar-refractivity contribution in [2.24, 2.45) is 0 Å². The number of unbranched alkanes of at least 4 members (excludes halogenated alkanes) is 1. The summed E-state index contributed by atoms with van der Waals surface area (Å²) in [5, 5.41) is 0.612. The van der Waals surface area contributed by atoms with Crippen LogP contribution in [0.25, 0.3) is 0 Å². The molecule has 136 valence electrons. The van der Waals surface area contributed by atoms with Crippen molar-refractivity contribution in [3.8, 4) is 5.75 Å². The fourth-order valence-electron chi connectivity index (χ4n) is 2.76. The SMILES string of the molecule is CCCCc1ccc(OCCN(CC)c2ncnc(C)c2Cl)c(C)c1. The van der Waals surface area contributed by atoms with E-state index in [1.807, 2.05) is 6.92 Å². The van der Waals surface area contributed by atoms with Gasteiger partial charge in [0.25, 0.3) is 0 Å². The van der Waals surface area contributed by atoms with E-state index in [4.69, 9.17) is 16.3 Å². The molecule has 1 aromatic heterocycles. The van der Waals surface area contributed by atoms with E-state index in [0.29, 0.717) is 11.6 Å². The molecule has 0 aliphatic heterocycles. The highest BCUT2D eigenvalue weighted by Gasteiger charge is 2.13. The summed E-state index contributed by atoms with van der Waals surface area (Å²) in [7, 11) is 0. The van der Waals surface area contributed by atoms with Gasteiger partial charge >= 0.3 is 0 Å². The highest BCUT2D eigenvalue weighted by atomic mass is 35.5. The van der Waals surface area contributed by atoms with Gasteiger partial charge in [0, 0.05) is 6.54 Å². The molecule has 0 atom stereocenters. The molecule has 4 nitrogen and oxygen atoms in total. The predicted octanol–water partition coefficient (Wildman–Crippen LogP) is 4.99. The number of anilines is 1. The minimum absolute atomic E-state index is 0.586. The summed E-state index contributed by atoms with van der Waals surface area (Å²) in [6, 6.07) is 6.48. The molecule has 25 heavy (non-hydrogen) atoms. The molecule has 2 rings (SSSR count). The third kappa shape index (κ3) is 5.33. The molecule has 0 unspecified atom stereocenters. The number of aromatic nitrogens is 2. The minimum atomic E-state index is 0.586. The van der Waals surface area contributed by atoms with Crippen LogP contribution in [0.1, 0.15) is 43.5 Å². The lowest BCUT2D eigenvalue weighted by atomic mass is 10.1. The number of halogens is 1. The van der Waals surface area contributed by atoms with Crippen molar-refractivity contribution < 1.29 is 4.74 Å². The van der Waals surface area contributed by atoms with Crippen LogP contribution in [0.2, 0.25) is 5.02 Å². The maximum atomic E-state index is 6.34. The first-order valence-corrected chi connectivity index (χ1v) is 9.39. The van der Waals surface area contributed by atoms with Gasteiger partial charge in [0.05, 0.1) is 12.2 Å². The van der Waals surface area contributed by atoms with Gasteiger partial charge in [-0.2, -0.15) is 0 Å². The van der Waals surface area contributed by atoms with Crippen LogP contribution >= 0.6 is 11.6 Å². The number of ether oxygens (including phenoxy) is 1. The summed E-state index contributed by atoms with van der Waals surface area (Å²) >= 11 is 6.34. The molecule has 0 saturated heterocycles. The summed E-state index contributed by atoms with van der Waals surface area (Å²) in [4.78, 5) is 10.6. The lowest BCUT2D eigenvalue weighted by Gasteiger charge is -2.23. The number of likely N-dealkylation sites (N-methyl/N-ethyl adjacent to an activating group) is 1. The average Bonchev–Trinajstić information content (AvgIpc) is 2.61. The van der Waals surface area contributed by atoms with Crippen molar-refractivity contribution >= 4 is 17.4 Å². The lowest BCUT2D eigenvalue weighted by molar-refractivity contribution is 0.321. The van der Waals surface area contributed by atoms with E-state index in [1.165, 1.54) is 24.0 Å². The molecule has 0 fully saturated rings. The maximum absolute atomic E-state index is 6.34. The zero-order valence-corrected chi connectivity index (χ0v) is 16.4. The van der Waals surface area contributed by atoms with Gasteiger partial charge < -0.3 is 9.64 Å². The van der Waals surface area contributed by atoms with Crippen LogP contribution in [-0.2, 0) is 6.42 Å². The molecule has 0 amide bonds. The van der Waals surface area contributed by atoms with Gasteiger partial charge in [-0.1, -0.05) is 37.1 Å². The number of nitrogens with zero attached hydrogens (tertiary/aromatic N) is 3. The minimum Gasteiger partial charge on any atom is -0.491 e. The van der Waals surface area contributed by atoms with Crippen LogP contribution in [0.5, 0.6) is 5.75 Å². The Morgan fingerprint density at radius 2 is 1.96 bits per heavy atom. The van der Waals surface area contributed by atoms with E-state index in [-0.39, 0.29) is 0 Å². The molecular formula is C20H28ClN3O. The quantitative estimate of drug-likeness (QED) is 0.630. The zero-order valence-electron chi connectivity index (χ0n) is 15.7. The van der Waals surface area contributed by atoms with E-state index in [0.717, 1.165) is 36.8 Å². The third-order valence-corrected chi connectivity index (χ3v) is 4.75. The highest BCUT2D eigenvalue weighted by molar-refractivity contribution is 6.33. The van der Waals surface area contributed by atoms with Crippen molar-refractivity contribution in [3.05, 3.63) is 46.4 Å². The van der Waals surface area contributed by atoms with Crippen molar-refractivity contribution in [2.75, 3.05) is 24.6 Å². The molecule has 1 aromatic carbocycles. The molecule has 1 heterocycles. The average molecular weight is 362 g/mol. The zero-order chi connectivity index (χ0) is 18.2. The molecule has 0 radical (unpaired) electrons. The fraction of sp³-hybridized carbons (Fsp3) is 0.500. The number of hydrogen-bond donors (Lipinski definition) is 0. The van der Waals surface area contributed by atoms with Crippen LogP contribution in [0.15, 0.2) is 24.5 Å². The summed E-state index contributed by atoms with van der Waals surface area (Å²) in [5.74, 6) is 1.72. The summed E-state index contributed by atoms with van der Waals surface area (Å²) in [6.45, 7) is 10.4. The molecule has 0 aliphatic rings. The highest BCUT2D eigenvalue weighted by Crippen LogP contribution is 2.25. The van der Waals surface area contributed by atoms with E-state index in [9.17, 15) is 0 Å². The van der Waals surface area contributed by atoms with Crippen LogP contribution in [-0.4, -0.2) is 29.7 Å². The maximum Gasteiger partial charge on any atom is 0.151 e. The first kappa shape index (κ1) is 19.5. The van der Waals surface area contributed by atoms with Gasteiger partial charge in [-0.15, -0.1) is 0 Å². The van der Waals surface area contributed by atoms with Crippen LogP contribution in [0, 0.1) is 13.8 Å². The smallest absolute Gasteiger partial charge is 0.151 e. The molecule has 0 aliphatic carbocycles. The first-order chi connectivity index (χ1) is 12.1. The van der Waals surface area contributed by atoms with Crippen molar-refractivity contribution in [2.45, 2.75) is 47.0 Å². The Kier molecular flexibility index (Phi) is 7.51. The lowest BCUT2D eigenvalue weighted by Crippen LogP contribution is -2.29. The molecule has 0 spiro atoms. The van der Waals surface area contributed by atoms with E-state index < -0.39 is 0 Å². The standard InChI is InChI=1S/C20H28ClN3O/c1-5-7-8-17-9-10-18(15(3)13-17)25-12-11-24(6-2)20-19(21)16(4)22-14-23-20/h9-10,13-14H,5-8,11-12H2,1-4H3. The van der Waals surface area contributed by atoms with E-state index in [1.54, 1.807) is 6.33 Å². The molecule has 0 N–H and O–H groups in total. The second-order valence-corrected chi connectivity index (χ2v) is 6.61. The monoisotopic (exact) mass is 361 g/mol. The normalized spacial score (nSPS) is 10.8. The Bertz CT molecular complexity index is 691. The third-order valence-electron chi connectivity index (χ3n) is 4.30. The van der Waals surface area contributed by atoms with Crippen LogP contribution in [0.4, 0.5) is 5.82 Å². The first-order valence-electron chi connectivity index (χ1n) is 9.01. The van der Waals surface area contributed by atoms with E-state index in [2.05, 4.69) is 53.8 Å². The van der Waals surface area contributed by atoms with Gasteiger partial charge in [-0.3, -0.25) is 0 Å². The van der Waals surface area contributed by atoms with Gasteiger partial charge in [0.15, 0.2) is 5.82 Å². The summed E-state index contributed by atoms with van der Waals surface area (Å²) in [6.07, 6.45) is 5.13. The molecule has 2 aromatic rings. The Morgan fingerprint density at radius 3 is 2.64 bits per heavy atom. The Balaban J connectivity index is 1.95. The van der Waals surface area contributed by atoms with Gasteiger partial charge in [-0.25, -0.2) is 9.97 Å². The molecule has 0 bridgehead atoms. The van der Waals surface area contributed by atoms with Gasteiger partial charge in [-0.05, 0) is 50.8 Å². The Morgan fingerprint density at radius 1 is 1.16 bits per heavy atom. The number of hydrogen-bond acceptors (Lipinski definition) is 4. The van der Waals surface area contributed by atoms with Gasteiger partial charge in [0.2, 0.25) is 0 Å². The van der Waals surface area contributed by atoms with Crippen LogP contribution < -0.4 is 9.64 Å². The number of benzene rings is 1. The number of rotatable bonds is 9. The molecular weight excluding hydrogens is 334 g/mol. The van der Waals surface area contributed by atoms with Gasteiger partial charge in [0.1, 0.15) is 23.7 Å². The largest absolute Gasteiger partial charge is 0.491 e. The van der Waals surface area contributed by atoms with Crippen molar-refractivity contribution in [1.29, 1.82) is 0 Å². The topological polar surface area (TPSA) is 38.2 Å². The predicted molar refractivity (Wildman–Crippen MR) is 105 cm³/mol. The van der Waals surface area contributed by atoms with Crippen LogP contribution in [0.3, 0.4) is 0 Å². The Labute approximate surface area is 156 Å². The van der Waals surface area contributed by atoms with E-state index >= 15 is 0 Å². The fourth-order valence-corrected chi connectivity index (χ4v) is 2.97. The van der Waals surface area contributed by atoms with Crippen molar-refractivity contribution in [3.63, 3.8) is 0 Å². The second-order valence-electron chi connectivity index (χ2n) is 6.23.